The van der Waals surface area contributed by atoms with Gasteiger partial charge in [-0.2, -0.15) is 0 Å². The Morgan fingerprint density at radius 1 is 1.22 bits per heavy atom. The highest BCUT2D eigenvalue weighted by molar-refractivity contribution is 6.30. The molecule has 0 aliphatic carbocycles. The van der Waals surface area contributed by atoms with Crippen molar-refractivity contribution in [2.24, 2.45) is 0 Å². The number of ether oxygens (including phenoxy) is 1. The Morgan fingerprint density at radius 3 is 2.59 bits per heavy atom. The van der Waals surface area contributed by atoms with Crippen LogP contribution in [-0.4, -0.2) is 62.0 Å². The fraction of sp³-hybridized carbons (Fsp3) is 0.526. The zero-order chi connectivity index (χ0) is 19.8. The standard InChI is InChI=1S/C19H26ClN3O4/c1-3-27-19(26)16-6-4-5-11-23(16)18(25)13-22(2)12-17(24)21-15-9-7-14(20)8-10-15/h7-10,16H,3-6,11-13H2,1-2H3,(H,21,24)/p+1/t16-/m0/s1. The van der Waals surface area contributed by atoms with E-state index < -0.39 is 6.04 Å². The molecular weight excluding hydrogens is 370 g/mol. The van der Waals surface area contributed by atoms with Gasteiger partial charge in [0.1, 0.15) is 6.04 Å². The SMILES string of the molecule is CCOC(=O)[C@@H]1CCCCN1C(=O)C[NH+](C)CC(=O)Nc1ccc(Cl)cc1. The van der Waals surface area contributed by atoms with Crippen LogP contribution in [0.2, 0.25) is 5.02 Å². The highest BCUT2D eigenvalue weighted by atomic mass is 35.5. The van der Waals surface area contributed by atoms with Crippen molar-refractivity contribution in [1.82, 2.24) is 4.90 Å². The molecule has 0 saturated carbocycles. The molecule has 27 heavy (non-hydrogen) atoms. The molecule has 148 valence electrons. The van der Waals surface area contributed by atoms with Crippen LogP contribution in [0.5, 0.6) is 0 Å². The number of carbonyl (C=O) groups is 3. The molecule has 0 bridgehead atoms. The number of carbonyl (C=O) groups excluding carboxylic acids is 3. The Bertz CT molecular complexity index is 665. The fourth-order valence-corrected chi connectivity index (χ4v) is 3.27. The summed E-state index contributed by atoms with van der Waals surface area (Å²) in [6.07, 6.45) is 2.40. The number of rotatable bonds is 7. The van der Waals surface area contributed by atoms with Crippen molar-refractivity contribution in [1.29, 1.82) is 0 Å². The molecule has 2 rings (SSSR count). The van der Waals surface area contributed by atoms with E-state index in [1.54, 1.807) is 43.1 Å². The molecule has 1 unspecified atom stereocenters. The van der Waals surface area contributed by atoms with Crippen LogP contribution in [0.1, 0.15) is 26.2 Å². The van der Waals surface area contributed by atoms with Crippen molar-refractivity contribution in [3.8, 4) is 0 Å². The average molecular weight is 397 g/mol. The molecule has 1 aliphatic rings. The molecule has 2 N–H and O–H groups in total. The lowest BCUT2D eigenvalue weighted by Gasteiger charge is -2.34. The number of amides is 2. The minimum absolute atomic E-state index is 0.135. The van der Waals surface area contributed by atoms with Crippen LogP contribution < -0.4 is 10.2 Å². The van der Waals surface area contributed by atoms with Crippen molar-refractivity contribution in [3.63, 3.8) is 0 Å². The molecule has 0 spiro atoms. The third kappa shape index (κ3) is 6.52. The quantitative estimate of drug-likeness (QED) is 0.666. The van der Waals surface area contributed by atoms with Crippen molar-refractivity contribution < 1.29 is 24.0 Å². The lowest BCUT2D eigenvalue weighted by atomic mass is 10.0. The van der Waals surface area contributed by atoms with Gasteiger partial charge >= 0.3 is 5.97 Å². The summed E-state index contributed by atoms with van der Waals surface area (Å²) in [6, 6.07) is 6.32. The van der Waals surface area contributed by atoms with E-state index in [1.165, 1.54) is 0 Å². The third-order valence-corrected chi connectivity index (χ3v) is 4.68. The number of anilines is 1. The Labute approximate surface area is 164 Å². The minimum atomic E-state index is -0.512. The van der Waals surface area contributed by atoms with Gasteiger partial charge in [-0.05, 0) is 50.5 Å². The first-order valence-electron chi connectivity index (χ1n) is 9.23. The summed E-state index contributed by atoms with van der Waals surface area (Å²) in [5.74, 6) is -0.670. The summed E-state index contributed by atoms with van der Waals surface area (Å²) >= 11 is 5.83. The fourth-order valence-electron chi connectivity index (χ4n) is 3.15. The number of halogens is 1. The predicted octanol–water partition coefficient (Wildman–Crippen LogP) is 0.737. The number of piperidine rings is 1. The maximum absolute atomic E-state index is 12.7. The molecule has 1 heterocycles. The van der Waals surface area contributed by atoms with Gasteiger partial charge in [0.05, 0.1) is 13.7 Å². The van der Waals surface area contributed by atoms with E-state index in [1.807, 2.05) is 0 Å². The monoisotopic (exact) mass is 396 g/mol. The van der Waals surface area contributed by atoms with E-state index in [0.717, 1.165) is 17.7 Å². The van der Waals surface area contributed by atoms with E-state index in [0.29, 0.717) is 30.3 Å². The molecule has 2 amide bonds. The number of hydrogen-bond acceptors (Lipinski definition) is 4. The first-order chi connectivity index (χ1) is 12.9. The average Bonchev–Trinajstić information content (AvgIpc) is 2.63. The normalized spacial score (nSPS) is 17.9. The van der Waals surface area contributed by atoms with Gasteiger partial charge in [0.15, 0.2) is 13.1 Å². The van der Waals surface area contributed by atoms with Crippen LogP contribution >= 0.6 is 11.6 Å². The van der Waals surface area contributed by atoms with Crippen molar-refractivity contribution in [2.75, 3.05) is 38.6 Å². The van der Waals surface area contributed by atoms with Gasteiger partial charge < -0.3 is 19.9 Å². The van der Waals surface area contributed by atoms with Crippen LogP contribution in [0.3, 0.4) is 0 Å². The molecule has 2 atom stereocenters. The van der Waals surface area contributed by atoms with Gasteiger partial charge in [0.25, 0.3) is 11.8 Å². The van der Waals surface area contributed by atoms with Crippen LogP contribution in [-0.2, 0) is 19.1 Å². The topological polar surface area (TPSA) is 80.2 Å². The van der Waals surface area contributed by atoms with Crippen LogP contribution in [0.4, 0.5) is 5.69 Å². The predicted molar refractivity (Wildman–Crippen MR) is 103 cm³/mol. The lowest BCUT2D eigenvalue weighted by molar-refractivity contribution is -0.862. The van der Waals surface area contributed by atoms with E-state index in [9.17, 15) is 14.4 Å². The van der Waals surface area contributed by atoms with Gasteiger partial charge in [0, 0.05) is 17.3 Å². The Kier molecular flexibility index (Phi) is 8.06. The zero-order valence-electron chi connectivity index (χ0n) is 15.8. The number of quaternary nitrogens is 1. The highest BCUT2D eigenvalue weighted by Gasteiger charge is 2.34. The largest absolute Gasteiger partial charge is 0.464 e. The molecule has 1 aliphatic heterocycles. The van der Waals surface area contributed by atoms with Crippen molar-refractivity contribution in [3.05, 3.63) is 29.3 Å². The van der Waals surface area contributed by atoms with Crippen LogP contribution in [0.15, 0.2) is 24.3 Å². The zero-order valence-corrected chi connectivity index (χ0v) is 16.6. The van der Waals surface area contributed by atoms with Crippen LogP contribution in [0.25, 0.3) is 0 Å². The summed E-state index contributed by atoms with van der Waals surface area (Å²) in [4.78, 5) is 39.3. The maximum atomic E-state index is 12.7. The Morgan fingerprint density at radius 2 is 1.93 bits per heavy atom. The van der Waals surface area contributed by atoms with Crippen molar-refractivity contribution in [2.45, 2.75) is 32.2 Å². The first-order valence-corrected chi connectivity index (χ1v) is 9.61. The molecule has 1 aromatic carbocycles. The molecule has 1 fully saturated rings. The van der Waals surface area contributed by atoms with E-state index >= 15 is 0 Å². The molecular formula is C19H27ClN3O4+. The summed E-state index contributed by atoms with van der Waals surface area (Å²) < 4.78 is 5.09. The molecule has 1 saturated heterocycles. The van der Waals surface area contributed by atoms with Gasteiger partial charge in [-0.3, -0.25) is 9.59 Å². The van der Waals surface area contributed by atoms with Gasteiger partial charge in [-0.1, -0.05) is 11.6 Å². The lowest BCUT2D eigenvalue weighted by Crippen LogP contribution is -3.11. The van der Waals surface area contributed by atoms with Gasteiger partial charge in [-0.15, -0.1) is 0 Å². The van der Waals surface area contributed by atoms with E-state index in [4.69, 9.17) is 16.3 Å². The van der Waals surface area contributed by atoms with Gasteiger partial charge in [0.2, 0.25) is 0 Å². The second kappa shape index (κ2) is 10.3. The number of esters is 1. The summed E-state index contributed by atoms with van der Waals surface area (Å²) in [5, 5.41) is 3.38. The number of hydrogen-bond donors (Lipinski definition) is 2. The molecule has 7 nitrogen and oxygen atoms in total. The third-order valence-electron chi connectivity index (χ3n) is 4.43. The van der Waals surface area contributed by atoms with Crippen molar-refractivity contribution >= 4 is 35.1 Å². The number of likely N-dealkylation sites (tertiary alicyclic amines) is 1. The highest BCUT2D eigenvalue weighted by Crippen LogP contribution is 2.18. The minimum Gasteiger partial charge on any atom is -0.464 e. The number of likely N-dealkylation sites (N-methyl/N-ethyl adjacent to an activating group) is 1. The Balaban J connectivity index is 1.86. The Hall–Kier alpha value is -2.12. The summed E-state index contributed by atoms with van der Waals surface area (Å²) in [6.45, 7) is 2.89. The molecule has 8 heteroatoms. The smallest absolute Gasteiger partial charge is 0.328 e. The van der Waals surface area contributed by atoms with Crippen LogP contribution in [0, 0.1) is 0 Å². The summed E-state index contributed by atoms with van der Waals surface area (Å²) in [5.41, 5.74) is 0.655. The molecule has 0 radical (unpaired) electrons. The molecule has 0 aromatic heterocycles. The van der Waals surface area contributed by atoms with E-state index in [-0.39, 0.29) is 30.9 Å². The number of nitrogens with zero attached hydrogens (tertiary/aromatic N) is 1. The summed E-state index contributed by atoms with van der Waals surface area (Å²) in [7, 11) is 1.78. The molecule has 1 aromatic rings. The van der Waals surface area contributed by atoms with Gasteiger partial charge in [-0.25, -0.2) is 4.79 Å². The van der Waals surface area contributed by atoms with E-state index in [2.05, 4.69) is 5.32 Å². The maximum Gasteiger partial charge on any atom is 0.328 e. The number of nitrogens with one attached hydrogen (secondary N) is 2. The number of benzene rings is 1. The second-order valence-electron chi connectivity index (χ2n) is 6.72. The second-order valence-corrected chi connectivity index (χ2v) is 7.15. The first kappa shape index (κ1) is 21.2.